The number of hydrogen-bond donors (Lipinski definition) is 1. The molecule has 1 aromatic rings. The summed E-state index contributed by atoms with van der Waals surface area (Å²) in [5.74, 6) is -0.393. The Bertz CT molecular complexity index is 464. The van der Waals surface area contributed by atoms with Crippen molar-refractivity contribution in [2.45, 2.75) is 25.5 Å². The molecule has 1 aliphatic heterocycles. The molecule has 1 amide bonds. The van der Waals surface area contributed by atoms with Crippen LogP contribution in [0, 0.1) is 0 Å². The minimum Gasteiger partial charge on any atom is -0.444 e. The highest BCUT2D eigenvalue weighted by Crippen LogP contribution is 2.17. The molecule has 108 valence electrons. The molecule has 0 radical (unpaired) electrons. The molecule has 1 fully saturated rings. The normalized spacial score (nSPS) is 17.9. The third-order valence-corrected chi connectivity index (χ3v) is 3.12. The summed E-state index contributed by atoms with van der Waals surface area (Å²) in [6.45, 7) is 0.590. The van der Waals surface area contributed by atoms with Gasteiger partial charge in [0.2, 0.25) is 0 Å². The highest BCUT2D eigenvalue weighted by Gasteiger charge is 2.38. The smallest absolute Gasteiger partial charge is 0.413 e. The Morgan fingerprint density at radius 1 is 1.40 bits per heavy atom. The summed E-state index contributed by atoms with van der Waals surface area (Å²) in [6, 6.07) is 8.78. The first-order chi connectivity index (χ1) is 9.72. The van der Waals surface area contributed by atoms with Gasteiger partial charge in [0.25, 0.3) is 0 Å². The highest BCUT2D eigenvalue weighted by molar-refractivity contribution is 5.83. The second-order valence-corrected chi connectivity index (χ2v) is 4.55. The van der Waals surface area contributed by atoms with Gasteiger partial charge in [-0.15, -0.1) is 0 Å². The van der Waals surface area contributed by atoms with E-state index in [1.54, 1.807) is 0 Å². The predicted octanol–water partition coefficient (Wildman–Crippen LogP) is 1.25. The lowest BCUT2D eigenvalue weighted by atomic mass is 10.1. The summed E-state index contributed by atoms with van der Waals surface area (Å²) in [7, 11) is 0. The van der Waals surface area contributed by atoms with Crippen LogP contribution in [0.2, 0.25) is 0 Å². The van der Waals surface area contributed by atoms with E-state index >= 15 is 0 Å². The number of amides is 1. The zero-order valence-electron chi connectivity index (χ0n) is 11.2. The molecule has 2 N–H and O–H groups in total. The molecular weight excluding hydrogens is 260 g/mol. The molecule has 2 rings (SSSR count). The van der Waals surface area contributed by atoms with Crippen molar-refractivity contribution in [1.29, 1.82) is 0 Å². The third kappa shape index (κ3) is 3.48. The number of esters is 1. The molecule has 0 unspecified atom stereocenters. The lowest BCUT2D eigenvalue weighted by Gasteiger charge is -2.19. The number of nitrogens with two attached hydrogens (primary N) is 1. The number of cyclic esters (lactones) is 1. The molecule has 0 bridgehead atoms. The Labute approximate surface area is 117 Å². The Hall–Kier alpha value is -2.08. The zero-order valence-corrected chi connectivity index (χ0v) is 11.2. The highest BCUT2D eigenvalue weighted by atomic mass is 16.6. The van der Waals surface area contributed by atoms with E-state index in [2.05, 4.69) is 0 Å². The van der Waals surface area contributed by atoms with Crippen molar-refractivity contribution in [1.82, 2.24) is 4.90 Å². The molecule has 1 aromatic carbocycles. The number of ether oxygens (including phenoxy) is 2. The molecule has 0 aromatic heterocycles. The van der Waals surface area contributed by atoms with E-state index in [4.69, 9.17) is 15.2 Å². The van der Waals surface area contributed by atoms with E-state index in [1.807, 2.05) is 30.3 Å². The number of benzene rings is 1. The van der Waals surface area contributed by atoms with Crippen molar-refractivity contribution in [2.24, 2.45) is 5.73 Å². The van der Waals surface area contributed by atoms with Crippen LogP contribution >= 0.6 is 0 Å². The van der Waals surface area contributed by atoms with E-state index in [1.165, 1.54) is 4.90 Å². The summed E-state index contributed by atoms with van der Waals surface area (Å²) in [5, 5.41) is 0. The summed E-state index contributed by atoms with van der Waals surface area (Å²) < 4.78 is 10.1. The molecule has 1 aliphatic rings. The fourth-order valence-corrected chi connectivity index (χ4v) is 2.01. The van der Waals surface area contributed by atoms with Crippen molar-refractivity contribution in [2.75, 3.05) is 13.3 Å². The molecule has 0 aliphatic carbocycles. The number of hydrogen-bond acceptors (Lipinski definition) is 5. The SMILES string of the molecule is NCCC[C@H]1C(=O)OCN1C(=O)OCc1ccccc1. The molecule has 6 heteroatoms. The fourth-order valence-electron chi connectivity index (χ4n) is 2.01. The standard InChI is InChI=1S/C14H18N2O4/c15-8-4-7-12-13(17)20-10-16(12)14(18)19-9-11-5-2-1-3-6-11/h1-3,5-6,12H,4,7-10,15H2/t12-/m0/s1. The van der Waals surface area contributed by atoms with Gasteiger partial charge in [0.1, 0.15) is 12.6 Å². The van der Waals surface area contributed by atoms with Gasteiger partial charge < -0.3 is 15.2 Å². The quantitative estimate of drug-likeness (QED) is 0.820. The van der Waals surface area contributed by atoms with Crippen LogP contribution in [0.15, 0.2) is 30.3 Å². The largest absolute Gasteiger partial charge is 0.444 e. The first kappa shape index (κ1) is 14.3. The van der Waals surface area contributed by atoms with E-state index in [0.29, 0.717) is 19.4 Å². The third-order valence-electron chi connectivity index (χ3n) is 3.12. The van der Waals surface area contributed by atoms with Crippen molar-refractivity contribution in [3.05, 3.63) is 35.9 Å². The number of rotatable bonds is 5. The van der Waals surface area contributed by atoms with Crippen molar-refractivity contribution in [3.63, 3.8) is 0 Å². The van der Waals surface area contributed by atoms with Gasteiger partial charge in [-0.05, 0) is 24.9 Å². The summed E-state index contributed by atoms with van der Waals surface area (Å²) >= 11 is 0. The van der Waals surface area contributed by atoms with E-state index < -0.39 is 18.1 Å². The van der Waals surface area contributed by atoms with Gasteiger partial charge >= 0.3 is 12.1 Å². The van der Waals surface area contributed by atoms with Crippen molar-refractivity contribution in [3.8, 4) is 0 Å². The molecule has 1 atom stereocenters. The van der Waals surface area contributed by atoms with Crippen LogP contribution in [0.1, 0.15) is 18.4 Å². The Morgan fingerprint density at radius 2 is 2.15 bits per heavy atom. The van der Waals surface area contributed by atoms with Crippen LogP contribution in [0.5, 0.6) is 0 Å². The Balaban J connectivity index is 1.89. The van der Waals surface area contributed by atoms with E-state index in [-0.39, 0.29) is 13.3 Å². The maximum atomic E-state index is 12.0. The van der Waals surface area contributed by atoms with E-state index in [0.717, 1.165) is 5.56 Å². The lowest BCUT2D eigenvalue weighted by molar-refractivity contribution is -0.139. The second kappa shape index (κ2) is 6.91. The molecule has 0 saturated carbocycles. The summed E-state index contributed by atoms with van der Waals surface area (Å²) in [5.41, 5.74) is 6.32. The average molecular weight is 278 g/mol. The Kier molecular flexibility index (Phi) is 4.95. The lowest BCUT2D eigenvalue weighted by Crippen LogP contribution is -2.38. The van der Waals surface area contributed by atoms with Gasteiger partial charge in [0, 0.05) is 0 Å². The second-order valence-electron chi connectivity index (χ2n) is 4.55. The van der Waals surface area contributed by atoms with Gasteiger partial charge in [0.05, 0.1) is 0 Å². The number of carbonyl (C=O) groups is 2. The summed E-state index contributed by atoms with van der Waals surface area (Å²) in [6.07, 6.45) is 0.611. The average Bonchev–Trinajstić information content (AvgIpc) is 2.85. The number of nitrogens with zero attached hydrogens (tertiary/aromatic N) is 1. The minimum atomic E-state index is -0.582. The molecule has 1 heterocycles. The summed E-state index contributed by atoms with van der Waals surface area (Å²) in [4.78, 5) is 24.8. The van der Waals surface area contributed by atoms with Crippen molar-refractivity contribution < 1.29 is 19.1 Å². The topological polar surface area (TPSA) is 81.9 Å². The monoisotopic (exact) mass is 278 g/mol. The predicted molar refractivity (Wildman–Crippen MR) is 71.5 cm³/mol. The van der Waals surface area contributed by atoms with Gasteiger partial charge in [-0.1, -0.05) is 30.3 Å². The number of carbonyl (C=O) groups excluding carboxylic acids is 2. The van der Waals surface area contributed by atoms with Gasteiger partial charge in [-0.3, -0.25) is 4.90 Å². The Morgan fingerprint density at radius 3 is 2.85 bits per heavy atom. The van der Waals surface area contributed by atoms with E-state index in [9.17, 15) is 9.59 Å². The molecule has 0 spiro atoms. The van der Waals surface area contributed by atoms with Crippen LogP contribution < -0.4 is 5.73 Å². The maximum absolute atomic E-state index is 12.0. The van der Waals surface area contributed by atoms with Crippen LogP contribution in [0.4, 0.5) is 4.79 Å². The molecule has 1 saturated heterocycles. The molecular formula is C14H18N2O4. The van der Waals surface area contributed by atoms with Crippen LogP contribution in [0.25, 0.3) is 0 Å². The first-order valence-electron chi connectivity index (χ1n) is 6.56. The molecule has 20 heavy (non-hydrogen) atoms. The van der Waals surface area contributed by atoms with Crippen LogP contribution in [-0.2, 0) is 20.9 Å². The van der Waals surface area contributed by atoms with Crippen LogP contribution in [0.3, 0.4) is 0 Å². The van der Waals surface area contributed by atoms with Gasteiger partial charge in [-0.25, -0.2) is 9.59 Å². The van der Waals surface area contributed by atoms with Crippen molar-refractivity contribution >= 4 is 12.1 Å². The van der Waals surface area contributed by atoms with Gasteiger partial charge in [-0.2, -0.15) is 0 Å². The maximum Gasteiger partial charge on any atom is 0.413 e. The van der Waals surface area contributed by atoms with Crippen LogP contribution in [-0.4, -0.2) is 36.3 Å². The molecule has 6 nitrogen and oxygen atoms in total. The first-order valence-corrected chi connectivity index (χ1v) is 6.56. The van der Waals surface area contributed by atoms with Gasteiger partial charge in [0.15, 0.2) is 6.73 Å². The zero-order chi connectivity index (χ0) is 14.4. The fraction of sp³-hybridized carbons (Fsp3) is 0.429. The minimum absolute atomic E-state index is 0.0539.